The van der Waals surface area contributed by atoms with Gasteiger partial charge in [0.25, 0.3) is 0 Å². The fraction of sp³-hybridized carbons (Fsp3) is 0.250. The molecule has 0 unspecified atom stereocenters. The van der Waals surface area contributed by atoms with Crippen molar-refractivity contribution in [3.8, 4) is 0 Å². The average Bonchev–Trinajstić information content (AvgIpc) is 2.04. The number of halogens is 1. The van der Waals surface area contributed by atoms with Crippen molar-refractivity contribution < 1.29 is 14.3 Å². The van der Waals surface area contributed by atoms with E-state index in [0.29, 0.717) is 5.56 Å². The van der Waals surface area contributed by atoms with Gasteiger partial charge in [-0.2, -0.15) is 4.39 Å². The second-order valence-electron chi connectivity index (χ2n) is 2.64. The van der Waals surface area contributed by atoms with Gasteiger partial charge in [0.05, 0.1) is 0 Å². The number of aromatic nitrogens is 1. The SMILES string of the molecule is N[C@H](Cc1ccnc(F)c1)C(=O)O. The molecule has 1 heterocycles. The summed E-state index contributed by atoms with van der Waals surface area (Å²) >= 11 is 0. The fourth-order valence-corrected chi connectivity index (χ4v) is 0.911. The monoisotopic (exact) mass is 184 g/mol. The van der Waals surface area contributed by atoms with E-state index in [1.807, 2.05) is 0 Å². The Morgan fingerprint density at radius 2 is 2.46 bits per heavy atom. The third-order valence-corrected chi connectivity index (χ3v) is 1.56. The number of hydrogen-bond donors (Lipinski definition) is 2. The van der Waals surface area contributed by atoms with Gasteiger partial charge in [-0.25, -0.2) is 4.98 Å². The lowest BCUT2D eigenvalue weighted by Gasteiger charge is -2.05. The highest BCUT2D eigenvalue weighted by atomic mass is 19.1. The van der Waals surface area contributed by atoms with E-state index in [2.05, 4.69) is 4.98 Å². The first-order chi connectivity index (χ1) is 6.09. The molecule has 3 N–H and O–H groups in total. The van der Waals surface area contributed by atoms with Crippen molar-refractivity contribution in [1.82, 2.24) is 4.98 Å². The molecule has 0 aliphatic heterocycles. The molecule has 13 heavy (non-hydrogen) atoms. The van der Waals surface area contributed by atoms with Crippen molar-refractivity contribution in [2.45, 2.75) is 12.5 Å². The van der Waals surface area contributed by atoms with E-state index in [9.17, 15) is 9.18 Å². The Labute approximate surface area is 74.2 Å². The van der Waals surface area contributed by atoms with Crippen LogP contribution in [-0.2, 0) is 11.2 Å². The first kappa shape index (κ1) is 9.60. The molecule has 0 bridgehead atoms. The number of carboxylic acids is 1. The van der Waals surface area contributed by atoms with Crippen LogP contribution in [0.3, 0.4) is 0 Å². The molecular formula is C8H9FN2O2. The van der Waals surface area contributed by atoms with Crippen molar-refractivity contribution in [2.75, 3.05) is 0 Å². The first-order valence-electron chi connectivity index (χ1n) is 3.68. The maximum Gasteiger partial charge on any atom is 0.320 e. The van der Waals surface area contributed by atoms with Gasteiger partial charge in [-0.05, 0) is 24.1 Å². The maximum absolute atomic E-state index is 12.5. The second-order valence-corrected chi connectivity index (χ2v) is 2.64. The average molecular weight is 184 g/mol. The van der Waals surface area contributed by atoms with E-state index < -0.39 is 18.0 Å². The Morgan fingerprint density at radius 3 is 3.00 bits per heavy atom. The van der Waals surface area contributed by atoms with Gasteiger partial charge in [0.2, 0.25) is 5.95 Å². The van der Waals surface area contributed by atoms with Gasteiger partial charge in [-0.15, -0.1) is 0 Å². The normalized spacial score (nSPS) is 12.5. The van der Waals surface area contributed by atoms with Crippen LogP contribution >= 0.6 is 0 Å². The molecule has 1 atom stereocenters. The predicted molar refractivity (Wildman–Crippen MR) is 43.5 cm³/mol. The second kappa shape index (κ2) is 3.95. The number of aliphatic carboxylic acids is 1. The third kappa shape index (κ3) is 2.79. The number of carbonyl (C=O) groups is 1. The van der Waals surface area contributed by atoms with Crippen molar-refractivity contribution in [2.24, 2.45) is 5.73 Å². The van der Waals surface area contributed by atoms with E-state index >= 15 is 0 Å². The highest BCUT2D eigenvalue weighted by Crippen LogP contribution is 2.03. The number of hydrogen-bond acceptors (Lipinski definition) is 3. The first-order valence-corrected chi connectivity index (χ1v) is 3.68. The summed E-state index contributed by atoms with van der Waals surface area (Å²) in [5, 5.41) is 8.48. The van der Waals surface area contributed by atoms with Crippen LogP contribution in [0, 0.1) is 5.95 Å². The van der Waals surface area contributed by atoms with Crippen LogP contribution in [0.5, 0.6) is 0 Å². The zero-order chi connectivity index (χ0) is 9.84. The number of carboxylic acid groups (broad SMARTS) is 1. The molecule has 4 nitrogen and oxygen atoms in total. The fourth-order valence-electron chi connectivity index (χ4n) is 0.911. The summed E-state index contributed by atoms with van der Waals surface area (Å²) in [5.41, 5.74) is 5.79. The van der Waals surface area contributed by atoms with Crippen molar-refractivity contribution in [3.05, 3.63) is 29.8 Å². The molecule has 1 aromatic rings. The lowest BCUT2D eigenvalue weighted by atomic mass is 10.1. The molecule has 0 saturated carbocycles. The van der Waals surface area contributed by atoms with Crippen LogP contribution in [0.25, 0.3) is 0 Å². The zero-order valence-corrected chi connectivity index (χ0v) is 6.77. The summed E-state index contributed by atoms with van der Waals surface area (Å²) in [7, 11) is 0. The van der Waals surface area contributed by atoms with Crippen LogP contribution in [0.2, 0.25) is 0 Å². The molecule has 0 spiro atoms. The highest BCUT2D eigenvalue weighted by Gasteiger charge is 2.12. The van der Waals surface area contributed by atoms with E-state index in [4.69, 9.17) is 10.8 Å². The van der Waals surface area contributed by atoms with Gasteiger partial charge in [0.15, 0.2) is 0 Å². The number of nitrogens with two attached hydrogens (primary N) is 1. The Bertz CT molecular complexity index is 317. The van der Waals surface area contributed by atoms with E-state index in [1.54, 1.807) is 0 Å². The van der Waals surface area contributed by atoms with E-state index in [-0.39, 0.29) is 6.42 Å². The highest BCUT2D eigenvalue weighted by molar-refractivity contribution is 5.73. The van der Waals surface area contributed by atoms with Crippen molar-refractivity contribution in [1.29, 1.82) is 0 Å². The third-order valence-electron chi connectivity index (χ3n) is 1.56. The Morgan fingerprint density at radius 1 is 1.77 bits per heavy atom. The smallest absolute Gasteiger partial charge is 0.320 e. The van der Waals surface area contributed by atoms with E-state index in [1.165, 1.54) is 18.3 Å². The molecule has 0 radical (unpaired) electrons. The van der Waals surface area contributed by atoms with Gasteiger partial charge >= 0.3 is 5.97 Å². The molecule has 0 saturated heterocycles. The number of rotatable bonds is 3. The van der Waals surface area contributed by atoms with Gasteiger partial charge < -0.3 is 10.8 Å². The Hall–Kier alpha value is -1.49. The molecule has 70 valence electrons. The van der Waals surface area contributed by atoms with Crippen molar-refractivity contribution >= 4 is 5.97 Å². The lowest BCUT2D eigenvalue weighted by molar-refractivity contribution is -0.138. The topological polar surface area (TPSA) is 76.2 Å². The standard InChI is InChI=1S/C8H9FN2O2/c9-7-4-5(1-2-11-7)3-6(10)8(12)13/h1-2,4,6H,3,10H2,(H,12,13)/t6-/m1/s1. The minimum absolute atomic E-state index is 0.106. The van der Waals surface area contributed by atoms with Gasteiger partial charge in [-0.1, -0.05) is 0 Å². The molecule has 5 heteroatoms. The maximum atomic E-state index is 12.5. The van der Waals surface area contributed by atoms with E-state index in [0.717, 1.165) is 0 Å². The summed E-state index contributed by atoms with van der Waals surface area (Å²) in [6, 6.07) is 1.70. The lowest BCUT2D eigenvalue weighted by Crippen LogP contribution is -2.32. The molecule has 0 aliphatic carbocycles. The minimum Gasteiger partial charge on any atom is -0.480 e. The van der Waals surface area contributed by atoms with Gasteiger partial charge in [0, 0.05) is 6.20 Å². The minimum atomic E-state index is -1.10. The molecule has 0 fully saturated rings. The van der Waals surface area contributed by atoms with Crippen LogP contribution in [0.4, 0.5) is 4.39 Å². The van der Waals surface area contributed by atoms with Gasteiger partial charge in [0.1, 0.15) is 6.04 Å². The van der Waals surface area contributed by atoms with Crippen molar-refractivity contribution in [3.63, 3.8) is 0 Å². The summed E-state index contributed by atoms with van der Waals surface area (Å²) in [6.07, 6.45) is 1.38. The molecule has 0 aromatic carbocycles. The van der Waals surface area contributed by atoms with Crippen LogP contribution in [-0.4, -0.2) is 22.1 Å². The molecule has 1 rings (SSSR count). The summed E-state index contributed by atoms with van der Waals surface area (Å²) in [6.45, 7) is 0. The van der Waals surface area contributed by atoms with Crippen LogP contribution < -0.4 is 5.73 Å². The molecule has 1 aromatic heterocycles. The summed E-state index contributed by atoms with van der Waals surface area (Å²) in [5.74, 6) is -1.73. The van der Waals surface area contributed by atoms with Crippen LogP contribution in [0.15, 0.2) is 18.3 Å². The number of nitrogens with zero attached hydrogens (tertiary/aromatic N) is 1. The summed E-state index contributed by atoms with van der Waals surface area (Å²) in [4.78, 5) is 13.7. The predicted octanol–water partition coefficient (Wildman–Crippen LogP) is 0.175. The van der Waals surface area contributed by atoms with Gasteiger partial charge in [-0.3, -0.25) is 4.79 Å². The Balaban J connectivity index is 2.69. The molecule has 0 amide bonds. The zero-order valence-electron chi connectivity index (χ0n) is 6.77. The molecule has 0 aliphatic rings. The summed E-state index contributed by atoms with van der Waals surface area (Å²) < 4.78 is 12.5. The Kier molecular flexibility index (Phi) is 2.92. The largest absolute Gasteiger partial charge is 0.480 e. The number of pyridine rings is 1. The van der Waals surface area contributed by atoms with Crippen LogP contribution in [0.1, 0.15) is 5.56 Å². The molecular weight excluding hydrogens is 175 g/mol. The quantitative estimate of drug-likeness (QED) is 0.657.